The minimum Gasteiger partial charge on any atom is -0.354 e. The van der Waals surface area contributed by atoms with Crippen molar-refractivity contribution in [1.82, 2.24) is 20.0 Å². The molecule has 2 aromatic heterocycles. The van der Waals surface area contributed by atoms with Gasteiger partial charge < -0.3 is 14.4 Å². The molecule has 4 aromatic rings. The van der Waals surface area contributed by atoms with Gasteiger partial charge in [-0.2, -0.15) is 4.98 Å². The maximum atomic E-state index is 12.1. The van der Waals surface area contributed by atoms with Crippen molar-refractivity contribution in [2.24, 2.45) is 0 Å². The molecular weight excluding hydrogens is 340 g/mol. The number of fused-ring (bicyclic) bond motifs is 1. The van der Waals surface area contributed by atoms with Crippen LogP contribution in [0.25, 0.3) is 22.3 Å². The molecule has 1 amide bonds. The van der Waals surface area contributed by atoms with E-state index in [4.69, 9.17) is 4.52 Å². The Hall–Kier alpha value is -3.41. The molecule has 0 saturated heterocycles. The SMILES string of the molecule is O=C(CCc1nc(-c2ccccc2)no1)NCCn1ccc2ccccc21. The van der Waals surface area contributed by atoms with E-state index in [2.05, 4.69) is 38.2 Å². The van der Waals surface area contributed by atoms with Gasteiger partial charge in [-0.1, -0.05) is 53.7 Å². The average molecular weight is 360 g/mol. The lowest BCUT2D eigenvalue weighted by molar-refractivity contribution is -0.121. The summed E-state index contributed by atoms with van der Waals surface area (Å²) < 4.78 is 7.37. The van der Waals surface area contributed by atoms with Crippen LogP contribution in [-0.4, -0.2) is 27.2 Å². The standard InChI is InChI=1S/C21H20N4O2/c26-19(22-13-15-25-14-12-16-6-4-5-9-18(16)25)10-11-20-23-21(24-27-20)17-7-2-1-3-8-17/h1-9,12,14H,10-11,13,15H2,(H,22,26). The number of benzene rings is 2. The number of carbonyl (C=O) groups excluding carboxylic acids is 1. The lowest BCUT2D eigenvalue weighted by atomic mass is 10.2. The van der Waals surface area contributed by atoms with Crippen molar-refractivity contribution in [3.05, 3.63) is 72.8 Å². The van der Waals surface area contributed by atoms with Crippen LogP contribution in [0.3, 0.4) is 0 Å². The smallest absolute Gasteiger partial charge is 0.227 e. The fraction of sp³-hybridized carbons (Fsp3) is 0.190. The first-order chi connectivity index (χ1) is 13.3. The van der Waals surface area contributed by atoms with E-state index >= 15 is 0 Å². The van der Waals surface area contributed by atoms with E-state index in [1.807, 2.05) is 48.7 Å². The molecule has 0 spiro atoms. The molecule has 6 nitrogen and oxygen atoms in total. The van der Waals surface area contributed by atoms with Gasteiger partial charge in [0.2, 0.25) is 17.6 Å². The van der Waals surface area contributed by atoms with Crippen molar-refractivity contribution in [1.29, 1.82) is 0 Å². The van der Waals surface area contributed by atoms with Crippen molar-refractivity contribution < 1.29 is 9.32 Å². The van der Waals surface area contributed by atoms with E-state index in [0.717, 1.165) is 12.1 Å². The van der Waals surface area contributed by atoms with Crippen LogP contribution in [0.15, 0.2) is 71.4 Å². The fourth-order valence-corrected chi connectivity index (χ4v) is 3.02. The molecule has 0 aliphatic carbocycles. The highest BCUT2D eigenvalue weighted by Gasteiger charge is 2.10. The van der Waals surface area contributed by atoms with E-state index in [-0.39, 0.29) is 5.91 Å². The summed E-state index contributed by atoms with van der Waals surface area (Å²) in [5.74, 6) is 0.997. The van der Waals surface area contributed by atoms with Crippen molar-refractivity contribution in [2.45, 2.75) is 19.4 Å². The Balaban J connectivity index is 1.25. The van der Waals surface area contributed by atoms with Crippen molar-refractivity contribution >= 4 is 16.8 Å². The molecule has 4 rings (SSSR count). The number of nitrogens with one attached hydrogen (secondary N) is 1. The van der Waals surface area contributed by atoms with Gasteiger partial charge in [0.15, 0.2) is 0 Å². The summed E-state index contributed by atoms with van der Waals surface area (Å²) in [6.07, 6.45) is 2.79. The number of hydrogen-bond donors (Lipinski definition) is 1. The highest BCUT2D eigenvalue weighted by molar-refractivity contribution is 5.80. The molecule has 2 heterocycles. The molecule has 1 N–H and O–H groups in total. The summed E-state index contributed by atoms with van der Waals surface area (Å²) in [5, 5.41) is 8.12. The molecule has 0 bridgehead atoms. The molecule has 136 valence electrons. The summed E-state index contributed by atoms with van der Waals surface area (Å²) >= 11 is 0. The predicted molar refractivity (Wildman–Crippen MR) is 103 cm³/mol. The molecule has 0 radical (unpaired) electrons. The van der Waals surface area contributed by atoms with Gasteiger partial charge in [-0.25, -0.2) is 0 Å². The van der Waals surface area contributed by atoms with Gasteiger partial charge in [0, 0.05) is 43.2 Å². The number of hydrogen-bond acceptors (Lipinski definition) is 4. The normalized spacial score (nSPS) is 11.0. The first-order valence-corrected chi connectivity index (χ1v) is 8.98. The van der Waals surface area contributed by atoms with Crippen LogP contribution in [0.5, 0.6) is 0 Å². The van der Waals surface area contributed by atoms with Gasteiger partial charge >= 0.3 is 0 Å². The molecular formula is C21H20N4O2. The number of rotatable bonds is 7. The Labute approximate surface area is 156 Å². The largest absolute Gasteiger partial charge is 0.354 e. The van der Waals surface area contributed by atoms with Gasteiger partial charge in [-0.15, -0.1) is 0 Å². The van der Waals surface area contributed by atoms with Crippen LogP contribution in [0.1, 0.15) is 12.3 Å². The summed E-state index contributed by atoms with van der Waals surface area (Å²) in [5.41, 5.74) is 2.07. The Morgan fingerprint density at radius 2 is 1.85 bits per heavy atom. The third-order valence-electron chi connectivity index (χ3n) is 4.42. The summed E-state index contributed by atoms with van der Waals surface area (Å²) in [7, 11) is 0. The van der Waals surface area contributed by atoms with E-state index in [9.17, 15) is 4.79 Å². The zero-order chi connectivity index (χ0) is 18.5. The molecule has 0 unspecified atom stereocenters. The van der Waals surface area contributed by atoms with Gasteiger partial charge in [-0.3, -0.25) is 4.79 Å². The van der Waals surface area contributed by atoms with Crippen LogP contribution in [0.2, 0.25) is 0 Å². The maximum absolute atomic E-state index is 12.1. The van der Waals surface area contributed by atoms with Crippen molar-refractivity contribution in [2.75, 3.05) is 6.54 Å². The molecule has 2 aromatic carbocycles. The highest BCUT2D eigenvalue weighted by atomic mass is 16.5. The van der Waals surface area contributed by atoms with E-state index in [0.29, 0.717) is 31.1 Å². The molecule has 6 heteroatoms. The van der Waals surface area contributed by atoms with Crippen LogP contribution in [0.4, 0.5) is 0 Å². The van der Waals surface area contributed by atoms with Crippen molar-refractivity contribution in [3.8, 4) is 11.4 Å². The topological polar surface area (TPSA) is 72.9 Å². The van der Waals surface area contributed by atoms with Crippen LogP contribution in [0, 0.1) is 0 Å². The third kappa shape index (κ3) is 4.06. The van der Waals surface area contributed by atoms with Crippen molar-refractivity contribution in [3.63, 3.8) is 0 Å². The first kappa shape index (κ1) is 17.0. The Bertz CT molecular complexity index is 1040. The van der Waals surface area contributed by atoms with E-state index < -0.39 is 0 Å². The Kier molecular flexibility index (Phi) is 4.96. The van der Waals surface area contributed by atoms with Gasteiger partial charge in [0.1, 0.15) is 0 Å². The monoisotopic (exact) mass is 360 g/mol. The van der Waals surface area contributed by atoms with Gasteiger partial charge in [0.05, 0.1) is 0 Å². The quantitative estimate of drug-likeness (QED) is 0.548. The lowest BCUT2D eigenvalue weighted by Crippen LogP contribution is -2.27. The minimum atomic E-state index is -0.0223. The number of carbonyl (C=O) groups is 1. The summed E-state index contributed by atoms with van der Waals surface area (Å²) in [6, 6.07) is 19.9. The van der Waals surface area contributed by atoms with Crippen LogP contribution < -0.4 is 5.32 Å². The zero-order valence-electron chi connectivity index (χ0n) is 14.8. The second-order valence-corrected chi connectivity index (χ2v) is 6.30. The fourth-order valence-electron chi connectivity index (χ4n) is 3.02. The highest BCUT2D eigenvalue weighted by Crippen LogP contribution is 2.16. The molecule has 0 aliphatic rings. The summed E-state index contributed by atoms with van der Waals surface area (Å²) in [6.45, 7) is 1.31. The van der Waals surface area contributed by atoms with Crippen LogP contribution >= 0.6 is 0 Å². The van der Waals surface area contributed by atoms with E-state index in [1.165, 1.54) is 10.9 Å². The number of aryl methyl sites for hydroxylation is 1. The van der Waals surface area contributed by atoms with Crippen LogP contribution in [-0.2, 0) is 17.8 Å². The molecule has 27 heavy (non-hydrogen) atoms. The Morgan fingerprint density at radius 3 is 2.74 bits per heavy atom. The molecule has 0 atom stereocenters. The van der Waals surface area contributed by atoms with Gasteiger partial charge in [-0.05, 0) is 17.5 Å². The van der Waals surface area contributed by atoms with E-state index in [1.54, 1.807) is 0 Å². The summed E-state index contributed by atoms with van der Waals surface area (Å²) in [4.78, 5) is 16.4. The van der Waals surface area contributed by atoms with Gasteiger partial charge in [0.25, 0.3) is 0 Å². The second kappa shape index (κ2) is 7.86. The first-order valence-electron chi connectivity index (χ1n) is 8.98. The number of aromatic nitrogens is 3. The molecule has 0 fully saturated rings. The number of amides is 1. The number of para-hydroxylation sites is 1. The Morgan fingerprint density at radius 1 is 1.04 bits per heavy atom. The lowest BCUT2D eigenvalue weighted by Gasteiger charge is -2.07. The molecule has 0 aliphatic heterocycles. The zero-order valence-corrected chi connectivity index (χ0v) is 14.8. The molecule has 0 saturated carbocycles. The minimum absolute atomic E-state index is 0.0223. The maximum Gasteiger partial charge on any atom is 0.227 e. The average Bonchev–Trinajstić information content (AvgIpc) is 3.35. The number of nitrogens with zero attached hydrogens (tertiary/aromatic N) is 3. The predicted octanol–water partition coefficient (Wildman–Crippen LogP) is 3.44. The second-order valence-electron chi connectivity index (χ2n) is 6.30. The third-order valence-corrected chi connectivity index (χ3v) is 4.42.